The fraction of sp³-hybridized carbons (Fsp3) is 0.700. The first-order chi connectivity index (χ1) is 15.1. The molecule has 0 bridgehead atoms. The average molecular weight is 474 g/mol. The Hall–Kier alpha value is -3.22. The van der Waals surface area contributed by atoms with Crippen molar-refractivity contribution in [1.29, 1.82) is 0 Å². The Morgan fingerprint density at radius 1 is 0.788 bits per heavy atom. The van der Waals surface area contributed by atoms with Crippen LogP contribution in [0.15, 0.2) is 0 Å². The molecule has 0 aliphatic carbocycles. The minimum Gasteiger partial charge on any atom is -0.481 e. The van der Waals surface area contributed by atoms with E-state index in [0.717, 1.165) is 0 Å². The number of hydrogen-bond donors (Lipinski definition) is 7. The largest absolute Gasteiger partial charge is 0.481 e. The first-order valence-corrected chi connectivity index (χ1v) is 10.5. The highest BCUT2D eigenvalue weighted by molar-refractivity contribution is 5.96. The number of carbonyl (C=O) groups excluding carboxylic acids is 4. The Morgan fingerprint density at radius 3 is 1.70 bits per heavy atom. The zero-order valence-corrected chi connectivity index (χ0v) is 19.3. The third kappa shape index (κ3) is 11.8. The topological polar surface area (TPSA) is 231 Å². The van der Waals surface area contributed by atoms with E-state index in [2.05, 4.69) is 16.0 Å². The molecule has 0 radical (unpaired) electrons. The fourth-order valence-electron chi connectivity index (χ4n) is 2.75. The van der Waals surface area contributed by atoms with Crippen molar-refractivity contribution in [3.8, 4) is 0 Å². The molecule has 9 N–H and O–H groups in total. The monoisotopic (exact) mass is 473 g/mol. The highest BCUT2D eigenvalue weighted by Crippen LogP contribution is 2.08. The van der Waals surface area contributed by atoms with E-state index < -0.39 is 72.6 Å². The van der Waals surface area contributed by atoms with Crippen LogP contribution in [0.4, 0.5) is 0 Å². The summed E-state index contributed by atoms with van der Waals surface area (Å²) in [6.07, 6.45) is -1.28. The van der Waals surface area contributed by atoms with Gasteiger partial charge < -0.3 is 37.6 Å². The van der Waals surface area contributed by atoms with Crippen LogP contribution in [0.2, 0.25) is 0 Å². The second-order valence-corrected chi connectivity index (χ2v) is 8.52. The first kappa shape index (κ1) is 29.8. The molecule has 0 aliphatic rings. The number of rotatable bonds is 15. The molecule has 0 fully saturated rings. The molecule has 0 saturated carbocycles. The lowest BCUT2D eigenvalue weighted by Crippen LogP contribution is -2.58. The molecule has 0 aromatic rings. The first-order valence-electron chi connectivity index (χ1n) is 10.5. The van der Waals surface area contributed by atoms with Gasteiger partial charge >= 0.3 is 11.9 Å². The van der Waals surface area contributed by atoms with Gasteiger partial charge in [0.1, 0.15) is 18.1 Å². The molecule has 33 heavy (non-hydrogen) atoms. The van der Waals surface area contributed by atoms with Gasteiger partial charge in [-0.2, -0.15) is 0 Å². The van der Waals surface area contributed by atoms with Crippen LogP contribution in [0, 0.1) is 11.8 Å². The predicted octanol–water partition coefficient (Wildman–Crippen LogP) is -1.70. The van der Waals surface area contributed by atoms with E-state index in [1.165, 1.54) is 0 Å². The summed E-state index contributed by atoms with van der Waals surface area (Å²) >= 11 is 0. The van der Waals surface area contributed by atoms with E-state index in [4.69, 9.17) is 16.6 Å². The molecule has 0 aliphatic heterocycles. The van der Waals surface area contributed by atoms with Gasteiger partial charge in [-0.15, -0.1) is 0 Å². The molecular formula is C20H35N5O8. The van der Waals surface area contributed by atoms with Crippen molar-refractivity contribution in [3.05, 3.63) is 0 Å². The van der Waals surface area contributed by atoms with Crippen molar-refractivity contribution in [1.82, 2.24) is 16.0 Å². The summed E-state index contributed by atoms with van der Waals surface area (Å²) in [4.78, 5) is 71.3. The van der Waals surface area contributed by atoms with Gasteiger partial charge in [-0.25, -0.2) is 4.79 Å². The van der Waals surface area contributed by atoms with Crippen LogP contribution in [-0.2, 0) is 28.8 Å². The van der Waals surface area contributed by atoms with Gasteiger partial charge in [0.2, 0.25) is 23.6 Å². The third-order valence-electron chi connectivity index (χ3n) is 4.66. The molecule has 0 spiro atoms. The smallest absolute Gasteiger partial charge is 0.326 e. The van der Waals surface area contributed by atoms with E-state index >= 15 is 0 Å². The normalized spacial score (nSPS) is 14.6. The molecule has 0 aromatic carbocycles. The van der Waals surface area contributed by atoms with Gasteiger partial charge in [0, 0.05) is 6.42 Å². The standard InChI is InChI=1S/C20H35N5O8/c1-9(2)7-12(17(29)23-11(20(32)33)5-6-15(27)28)24-18(30)13(8-14(21)26)25-19(31)16(22)10(3)4/h9-13,16H,5-8,22H2,1-4H3,(H2,21,26)(H,23,29)(H,24,30)(H,25,31)(H,27,28)(H,32,33). The Labute approximate surface area is 192 Å². The van der Waals surface area contributed by atoms with Gasteiger partial charge in [-0.1, -0.05) is 27.7 Å². The summed E-state index contributed by atoms with van der Waals surface area (Å²) in [5.41, 5.74) is 10.9. The summed E-state index contributed by atoms with van der Waals surface area (Å²) in [5.74, 6) is -6.31. The van der Waals surface area contributed by atoms with Crippen molar-refractivity contribution in [2.75, 3.05) is 0 Å². The predicted molar refractivity (Wildman–Crippen MR) is 116 cm³/mol. The molecule has 13 heteroatoms. The number of carbonyl (C=O) groups is 6. The van der Waals surface area contributed by atoms with Crippen LogP contribution in [0.5, 0.6) is 0 Å². The lowest BCUT2D eigenvalue weighted by molar-refractivity contribution is -0.143. The maximum absolute atomic E-state index is 12.8. The Balaban J connectivity index is 5.54. The molecular weight excluding hydrogens is 438 g/mol. The van der Waals surface area contributed by atoms with Crippen LogP contribution in [0.3, 0.4) is 0 Å². The van der Waals surface area contributed by atoms with Gasteiger partial charge in [0.15, 0.2) is 0 Å². The number of amides is 4. The molecule has 0 rings (SSSR count). The van der Waals surface area contributed by atoms with Crippen molar-refractivity contribution in [3.63, 3.8) is 0 Å². The Kier molecular flexibility index (Phi) is 12.7. The van der Waals surface area contributed by atoms with Gasteiger partial charge in [-0.3, -0.25) is 24.0 Å². The summed E-state index contributed by atoms with van der Waals surface area (Å²) in [6, 6.07) is -5.04. The van der Waals surface area contributed by atoms with Crippen LogP contribution >= 0.6 is 0 Å². The van der Waals surface area contributed by atoms with Gasteiger partial charge in [-0.05, 0) is 24.7 Å². The number of aliphatic carboxylic acids is 2. The minimum atomic E-state index is -1.48. The molecule has 0 aromatic heterocycles. The number of primary amides is 1. The highest BCUT2D eigenvalue weighted by atomic mass is 16.4. The molecule has 0 saturated heterocycles. The molecule has 4 atom stereocenters. The van der Waals surface area contributed by atoms with Crippen molar-refractivity contribution >= 4 is 35.6 Å². The second-order valence-electron chi connectivity index (χ2n) is 8.52. The van der Waals surface area contributed by atoms with E-state index in [-0.39, 0.29) is 24.7 Å². The average Bonchev–Trinajstić information content (AvgIpc) is 2.67. The van der Waals surface area contributed by atoms with E-state index in [1.807, 2.05) is 0 Å². The Morgan fingerprint density at radius 2 is 1.27 bits per heavy atom. The zero-order valence-electron chi connectivity index (χ0n) is 19.3. The van der Waals surface area contributed by atoms with Gasteiger partial charge in [0.05, 0.1) is 12.5 Å². The fourth-order valence-corrected chi connectivity index (χ4v) is 2.75. The zero-order chi connectivity index (χ0) is 25.9. The Bertz CT molecular complexity index is 740. The van der Waals surface area contributed by atoms with E-state index in [0.29, 0.717) is 0 Å². The van der Waals surface area contributed by atoms with Gasteiger partial charge in [0.25, 0.3) is 0 Å². The molecule has 188 valence electrons. The SMILES string of the molecule is CC(C)CC(NC(=O)C(CC(N)=O)NC(=O)C(N)C(C)C)C(=O)NC(CCC(=O)O)C(=O)O. The second kappa shape index (κ2) is 14.0. The number of carboxylic acids is 2. The van der Waals surface area contributed by atoms with Crippen LogP contribution in [-0.4, -0.2) is 69.9 Å². The number of carboxylic acid groups (broad SMARTS) is 2. The lowest BCUT2D eigenvalue weighted by Gasteiger charge is -2.26. The minimum absolute atomic E-state index is 0.103. The maximum atomic E-state index is 12.8. The van der Waals surface area contributed by atoms with Crippen LogP contribution in [0.1, 0.15) is 53.4 Å². The maximum Gasteiger partial charge on any atom is 0.326 e. The molecule has 4 unspecified atom stereocenters. The quantitative estimate of drug-likeness (QED) is 0.143. The van der Waals surface area contributed by atoms with Crippen LogP contribution < -0.4 is 27.4 Å². The summed E-state index contributed by atoms with van der Waals surface area (Å²) in [6.45, 7) is 6.91. The number of nitrogens with one attached hydrogen (secondary N) is 3. The lowest BCUT2D eigenvalue weighted by atomic mass is 10.0. The summed E-state index contributed by atoms with van der Waals surface area (Å²) in [7, 11) is 0. The number of hydrogen-bond acceptors (Lipinski definition) is 7. The highest BCUT2D eigenvalue weighted by Gasteiger charge is 2.32. The summed E-state index contributed by atoms with van der Waals surface area (Å²) < 4.78 is 0. The van der Waals surface area contributed by atoms with Crippen molar-refractivity contribution < 1.29 is 39.0 Å². The third-order valence-corrected chi connectivity index (χ3v) is 4.66. The molecule has 13 nitrogen and oxygen atoms in total. The van der Waals surface area contributed by atoms with E-state index in [9.17, 15) is 33.9 Å². The number of nitrogens with two attached hydrogens (primary N) is 2. The summed E-state index contributed by atoms with van der Waals surface area (Å²) in [5, 5.41) is 25.0. The van der Waals surface area contributed by atoms with E-state index in [1.54, 1.807) is 27.7 Å². The molecule has 0 heterocycles. The molecule has 4 amide bonds. The van der Waals surface area contributed by atoms with Crippen LogP contribution in [0.25, 0.3) is 0 Å². The van der Waals surface area contributed by atoms with Crippen molar-refractivity contribution in [2.45, 2.75) is 77.5 Å². The van der Waals surface area contributed by atoms with Crippen molar-refractivity contribution in [2.24, 2.45) is 23.3 Å².